The Balaban J connectivity index is 2.17. The van der Waals surface area contributed by atoms with Crippen LogP contribution in [0.25, 0.3) is 0 Å². The van der Waals surface area contributed by atoms with E-state index in [0.29, 0.717) is 12.1 Å². The van der Waals surface area contributed by atoms with Crippen LogP contribution in [0.4, 0.5) is 5.69 Å². The predicted molar refractivity (Wildman–Crippen MR) is 82.0 cm³/mol. The first-order valence-electron chi connectivity index (χ1n) is 6.55. The topological polar surface area (TPSA) is 73.3 Å². The number of amidine groups is 1. The van der Waals surface area contributed by atoms with Crippen LogP contribution in [0.15, 0.2) is 54.6 Å². The Morgan fingerprint density at radius 1 is 1.05 bits per heavy atom. The van der Waals surface area contributed by atoms with E-state index in [1.807, 2.05) is 42.5 Å². The van der Waals surface area contributed by atoms with Gasteiger partial charge in [-0.25, -0.2) is 0 Å². The lowest BCUT2D eigenvalue weighted by atomic mass is 10.1. The van der Waals surface area contributed by atoms with Crippen LogP contribution < -0.4 is 10.6 Å². The standard InChI is InChI=1S/C16H19N3O/c17-16(18)14-6-8-15(9-7-14)19(10-11-20)12-13-4-2-1-3-5-13/h1-9,20H,10-12H2,(H3,17,18). The third-order valence-electron chi connectivity index (χ3n) is 3.13. The van der Waals surface area contributed by atoms with Crippen molar-refractivity contribution in [2.75, 3.05) is 18.1 Å². The molecule has 0 aromatic heterocycles. The van der Waals surface area contributed by atoms with Gasteiger partial charge in [-0.2, -0.15) is 0 Å². The molecular weight excluding hydrogens is 250 g/mol. The molecule has 0 saturated carbocycles. The molecule has 0 fully saturated rings. The number of anilines is 1. The summed E-state index contributed by atoms with van der Waals surface area (Å²) in [6, 6.07) is 17.6. The minimum atomic E-state index is 0.0633. The Morgan fingerprint density at radius 2 is 1.70 bits per heavy atom. The van der Waals surface area contributed by atoms with E-state index in [9.17, 15) is 5.11 Å². The molecule has 0 radical (unpaired) electrons. The fourth-order valence-corrected chi connectivity index (χ4v) is 2.08. The van der Waals surface area contributed by atoms with Crippen LogP contribution in [0, 0.1) is 5.41 Å². The van der Waals surface area contributed by atoms with Gasteiger partial charge in [-0.1, -0.05) is 30.3 Å². The van der Waals surface area contributed by atoms with Gasteiger partial charge in [0.1, 0.15) is 5.84 Å². The van der Waals surface area contributed by atoms with Crippen molar-refractivity contribution in [1.82, 2.24) is 0 Å². The predicted octanol–water partition coefficient (Wildman–Crippen LogP) is 1.97. The van der Waals surface area contributed by atoms with E-state index < -0.39 is 0 Å². The Kier molecular flexibility index (Phi) is 4.74. The van der Waals surface area contributed by atoms with E-state index >= 15 is 0 Å². The highest BCUT2D eigenvalue weighted by molar-refractivity contribution is 5.95. The molecule has 20 heavy (non-hydrogen) atoms. The molecule has 0 atom stereocenters. The average molecular weight is 269 g/mol. The van der Waals surface area contributed by atoms with Gasteiger partial charge in [-0.05, 0) is 29.8 Å². The highest BCUT2D eigenvalue weighted by Crippen LogP contribution is 2.17. The summed E-state index contributed by atoms with van der Waals surface area (Å²) in [4.78, 5) is 2.10. The van der Waals surface area contributed by atoms with E-state index in [4.69, 9.17) is 11.1 Å². The van der Waals surface area contributed by atoms with Gasteiger partial charge >= 0.3 is 0 Å². The van der Waals surface area contributed by atoms with E-state index in [2.05, 4.69) is 17.0 Å². The van der Waals surface area contributed by atoms with E-state index in [-0.39, 0.29) is 12.4 Å². The van der Waals surface area contributed by atoms with Crippen LogP contribution in [0.1, 0.15) is 11.1 Å². The van der Waals surface area contributed by atoms with Gasteiger partial charge in [-0.15, -0.1) is 0 Å². The molecule has 2 aromatic carbocycles. The van der Waals surface area contributed by atoms with Crippen molar-refractivity contribution in [3.8, 4) is 0 Å². The zero-order chi connectivity index (χ0) is 14.4. The van der Waals surface area contributed by atoms with Crippen LogP contribution in [0.3, 0.4) is 0 Å². The van der Waals surface area contributed by atoms with Crippen molar-refractivity contribution in [2.24, 2.45) is 5.73 Å². The number of nitrogens with zero attached hydrogens (tertiary/aromatic N) is 1. The summed E-state index contributed by atoms with van der Waals surface area (Å²) in [5, 5.41) is 16.6. The molecule has 0 saturated heterocycles. The monoisotopic (exact) mass is 269 g/mol. The average Bonchev–Trinajstić information content (AvgIpc) is 2.48. The second-order valence-corrected chi connectivity index (χ2v) is 4.59. The summed E-state index contributed by atoms with van der Waals surface area (Å²) in [7, 11) is 0. The number of nitrogens with two attached hydrogens (primary N) is 1. The quantitative estimate of drug-likeness (QED) is 0.554. The van der Waals surface area contributed by atoms with Gasteiger partial charge in [0.25, 0.3) is 0 Å². The first-order chi connectivity index (χ1) is 9.70. The summed E-state index contributed by atoms with van der Waals surface area (Å²) in [5.41, 5.74) is 8.36. The van der Waals surface area contributed by atoms with Crippen LogP contribution in [0.5, 0.6) is 0 Å². The minimum absolute atomic E-state index is 0.0633. The van der Waals surface area contributed by atoms with Gasteiger partial charge in [0.05, 0.1) is 6.61 Å². The molecular formula is C16H19N3O. The lowest BCUT2D eigenvalue weighted by Gasteiger charge is -2.24. The number of hydrogen-bond donors (Lipinski definition) is 3. The maximum absolute atomic E-state index is 9.22. The molecule has 0 spiro atoms. The maximum Gasteiger partial charge on any atom is 0.122 e. The van der Waals surface area contributed by atoms with Crippen LogP contribution in [-0.2, 0) is 6.54 Å². The highest BCUT2D eigenvalue weighted by atomic mass is 16.3. The van der Waals surface area contributed by atoms with Gasteiger partial charge in [0.15, 0.2) is 0 Å². The van der Waals surface area contributed by atoms with Gasteiger partial charge in [-0.3, -0.25) is 5.41 Å². The number of benzene rings is 2. The molecule has 0 aliphatic rings. The van der Waals surface area contributed by atoms with Crippen LogP contribution in [0.2, 0.25) is 0 Å². The summed E-state index contributed by atoms with van der Waals surface area (Å²) >= 11 is 0. The third-order valence-corrected chi connectivity index (χ3v) is 3.13. The highest BCUT2D eigenvalue weighted by Gasteiger charge is 2.07. The summed E-state index contributed by atoms with van der Waals surface area (Å²) in [5.74, 6) is 0.0633. The molecule has 4 heteroatoms. The number of aliphatic hydroxyl groups excluding tert-OH is 1. The molecule has 0 aliphatic carbocycles. The number of hydrogen-bond acceptors (Lipinski definition) is 3. The number of nitrogen functional groups attached to an aromatic ring is 1. The molecule has 0 bridgehead atoms. The summed E-state index contributed by atoms with van der Waals surface area (Å²) in [6.45, 7) is 1.40. The van der Waals surface area contributed by atoms with Crippen molar-refractivity contribution < 1.29 is 5.11 Å². The molecule has 4 N–H and O–H groups in total. The van der Waals surface area contributed by atoms with Gasteiger partial charge in [0.2, 0.25) is 0 Å². The fourth-order valence-electron chi connectivity index (χ4n) is 2.08. The third kappa shape index (κ3) is 3.59. The Labute approximate surface area is 119 Å². The SMILES string of the molecule is N=C(N)c1ccc(N(CCO)Cc2ccccc2)cc1. The number of nitrogens with one attached hydrogen (secondary N) is 1. The van der Waals surface area contributed by atoms with E-state index in [1.165, 1.54) is 5.56 Å². The maximum atomic E-state index is 9.22. The zero-order valence-electron chi connectivity index (χ0n) is 11.3. The van der Waals surface area contributed by atoms with Crippen molar-refractivity contribution in [2.45, 2.75) is 6.54 Å². The Morgan fingerprint density at radius 3 is 2.25 bits per heavy atom. The Hall–Kier alpha value is -2.33. The lowest BCUT2D eigenvalue weighted by molar-refractivity contribution is 0.301. The molecule has 4 nitrogen and oxygen atoms in total. The number of aliphatic hydroxyl groups is 1. The largest absolute Gasteiger partial charge is 0.395 e. The van der Waals surface area contributed by atoms with Crippen molar-refractivity contribution >= 4 is 11.5 Å². The smallest absolute Gasteiger partial charge is 0.122 e. The summed E-state index contributed by atoms with van der Waals surface area (Å²) < 4.78 is 0. The zero-order valence-corrected chi connectivity index (χ0v) is 11.3. The van der Waals surface area contributed by atoms with Gasteiger partial charge in [0, 0.05) is 24.3 Å². The van der Waals surface area contributed by atoms with Gasteiger partial charge < -0.3 is 15.7 Å². The van der Waals surface area contributed by atoms with Crippen LogP contribution >= 0.6 is 0 Å². The van der Waals surface area contributed by atoms with Crippen molar-refractivity contribution in [1.29, 1.82) is 5.41 Å². The Bertz CT molecular complexity index is 552. The minimum Gasteiger partial charge on any atom is -0.395 e. The second-order valence-electron chi connectivity index (χ2n) is 4.59. The molecule has 2 aromatic rings. The lowest BCUT2D eigenvalue weighted by Crippen LogP contribution is -2.26. The van der Waals surface area contributed by atoms with E-state index in [0.717, 1.165) is 12.2 Å². The molecule has 0 aliphatic heterocycles. The van der Waals surface area contributed by atoms with Crippen LogP contribution in [-0.4, -0.2) is 24.1 Å². The first kappa shape index (κ1) is 14.1. The molecule has 2 rings (SSSR count). The normalized spacial score (nSPS) is 10.2. The molecule has 0 heterocycles. The molecule has 0 amide bonds. The van der Waals surface area contributed by atoms with Crippen molar-refractivity contribution in [3.05, 3.63) is 65.7 Å². The first-order valence-corrected chi connectivity index (χ1v) is 6.55. The second kappa shape index (κ2) is 6.73. The fraction of sp³-hybridized carbons (Fsp3) is 0.188. The summed E-state index contributed by atoms with van der Waals surface area (Å²) in [6.07, 6.45) is 0. The van der Waals surface area contributed by atoms with Crippen molar-refractivity contribution in [3.63, 3.8) is 0 Å². The molecule has 0 unspecified atom stereocenters. The van der Waals surface area contributed by atoms with E-state index in [1.54, 1.807) is 0 Å². The number of rotatable bonds is 6. The molecule has 104 valence electrons.